The summed E-state index contributed by atoms with van der Waals surface area (Å²) in [5, 5.41) is 3.04. The molecule has 0 fully saturated rings. The maximum Gasteiger partial charge on any atom is 0.243 e. The van der Waals surface area contributed by atoms with E-state index in [2.05, 4.69) is 12.2 Å². The average molecular weight is 592 g/mol. The second-order valence-corrected chi connectivity index (χ2v) is 12.9. The van der Waals surface area contributed by atoms with E-state index in [9.17, 15) is 18.0 Å². The van der Waals surface area contributed by atoms with Crippen LogP contribution in [0.5, 0.6) is 0 Å². The number of carbonyl (C=O) groups excluding carboxylic acids is 2. The van der Waals surface area contributed by atoms with Crippen LogP contribution in [-0.2, 0) is 32.6 Å². The van der Waals surface area contributed by atoms with Gasteiger partial charge >= 0.3 is 0 Å². The maximum atomic E-state index is 14.0. The van der Waals surface area contributed by atoms with Gasteiger partial charge in [0.15, 0.2) is 0 Å². The highest BCUT2D eigenvalue weighted by Crippen LogP contribution is 2.23. The summed E-state index contributed by atoms with van der Waals surface area (Å²) in [5.41, 5.74) is 5.64. The molecule has 42 heavy (non-hydrogen) atoms. The Morgan fingerprint density at radius 3 is 2.19 bits per heavy atom. The minimum atomic E-state index is -3.56. The first-order chi connectivity index (χ1) is 20.0. The molecule has 0 unspecified atom stereocenters. The number of carbonyl (C=O) groups is 2. The van der Waals surface area contributed by atoms with E-state index in [1.807, 2.05) is 87.5 Å². The molecule has 8 heteroatoms. The van der Waals surface area contributed by atoms with Crippen molar-refractivity contribution in [1.82, 2.24) is 10.2 Å². The third kappa shape index (κ3) is 9.44. The molecule has 226 valence electrons. The van der Waals surface area contributed by atoms with E-state index in [1.54, 1.807) is 11.0 Å². The second-order valence-electron chi connectivity index (χ2n) is 11.0. The van der Waals surface area contributed by atoms with Gasteiger partial charge in [-0.05, 0) is 73.6 Å². The van der Waals surface area contributed by atoms with Gasteiger partial charge in [0, 0.05) is 32.5 Å². The molecule has 0 radical (unpaired) electrons. The van der Waals surface area contributed by atoms with Crippen molar-refractivity contribution in [2.75, 3.05) is 23.7 Å². The number of benzene rings is 3. The van der Waals surface area contributed by atoms with Gasteiger partial charge in [-0.3, -0.25) is 13.9 Å². The smallest absolute Gasteiger partial charge is 0.243 e. The highest BCUT2D eigenvalue weighted by Gasteiger charge is 2.30. The van der Waals surface area contributed by atoms with Gasteiger partial charge in [-0.15, -0.1) is 0 Å². The van der Waals surface area contributed by atoms with Crippen molar-refractivity contribution in [3.8, 4) is 0 Å². The van der Waals surface area contributed by atoms with Crippen LogP contribution in [0, 0.1) is 20.8 Å². The number of anilines is 1. The van der Waals surface area contributed by atoms with Crippen molar-refractivity contribution < 1.29 is 18.0 Å². The molecule has 3 aromatic carbocycles. The lowest BCUT2D eigenvalue weighted by atomic mass is 10.0. The summed E-state index contributed by atoms with van der Waals surface area (Å²) in [7, 11) is -3.56. The summed E-state index contributed by atoms with van der Waals surface area (Å²) in [6, 6.07) is 22.5. The molecule has 1 N–H and O–H groups in total. The van der Waals surface area contributed by atoms with Crippen LogP contribution in [-0.4, -0.2) is 50.5 Å². The van der Waals surface area contributed by atoms with Gasteiger partial charge in [0.05, 0.1) is 11.9 Å². The van der Waals surface area contributed by atoms with Gasteiger partial charge in [-0.1, -0.05) is 74.0 Å². The van der Waals surface area contributed by atoms with Crippen molar-refractivity contribution in [3.63, 3.8) is 0 Å². The van der Waals surface area contributed by atoms with Crippen molar-refractivity contribution >= 4 is 27.5 Å². The standard InChI is InChI=1S/C34H45N3O4S/c1-6-7-21-35-34(39)32(24-29-15-9-8-10-16-29)36(25-30-17-12-11-14-27(30)3)33(38)18-13-22-37(42(5,40)41)31-20-19-26(2)28(4)23-31/h8-12,14-17,19-20,23,32H,6-7,13,18,21-22,24-25H2,1-5H3,(H,35,39)/t32-/m0/s1. The molecular weight excluding hydrogens is 546 g/mol. The largest absolute Gasteiger partial charge is 0.354 e. The van der Waals surface area contributed by atoms with Crippen molar-refractivity contribution in [2.24, 2.45) is 0 Å². The van der Waals surface area contributed by atoms with E-state index in [1.165, 1.54) is 10.6 Å². The SMILES string of the molecule is CCCCNC(=O)[C@H](Cc1ccccc1)N(Cc1ccccc1C)C(=O)CCCN(c1ccc(C)c(C)c1)S(C)(=O)=O. The average Bonchev–Trinajstić information content (AvgIpc) is 2.95. The predicted molar refractivity (Wildman–Crippen MR) is 171 cm³/mol. The van der Waals surface area contributed by atoms with Gasteiger partial charge in [-0.25, -0.2) is 8.42 Å². The number of aryl methyl sites for hydroxylation is 3. The molecule has 0 aliphatic rings. The summed E-state index contributed by atoms with van der Waals surface area (Å²) in [4.78, 5) is 29.3. The summed E-state index contributed by atoms with van der Waals surface area (Å²) in [5.74, 6) is -0.361. The Bertz CT molecular complexity index is 1440. The molecular formula is C34H45N3O4S. The third-order valence-corrected chi connectivity index (χ3v) is 8.83. The van der Waals surface area contributed by atoms with E-state index >= 15 is 0 Å². The highest BCUT2D eigenvalue weighted by molar-refractivity contribution is 7.92. The monoisotopic (exact) mass is 591 g/mol. The number of unbranched alkanes of at least 4 members (excludes halogenated alkanes) is 1. The lowest BCUT2D eigenvalue weighted by molar-refractivity contribution is -0.141. The fourth-order valence-electron chi connectivity index (χ4n) is 4.92. The minimum absolute atomic E-state index is 0.107. The molecule has 1 atom stereocenters. The van der Waals surface area contributed by atoms with Crippen molar-refractivity contribution in [3.05, 3.63) is 101 Å². The van der Waals surface area contributed by atoms with Gasteiger partial charge in [0.1, 0.15) is 6.04 Å². The Hall–Kier alpha value is -3.65. The molecule has 0 aliphatic heterocycles. The number of hydrogen-bond acceptors (Lipinski definition) is 4. The topological polar surface area (TPSA) is 86.8 Å². The lowest BCUT2D eigenvalue weighted by Crippen LogP contribution is -2.50. The molecule has 0 saturated carbocycles. The van der Waals surface area contributed by atoms with Crippen LogP contribution in [0.25, 0.3) is 0 Å². The Morgan fingerprint density at radius 2 is 1.55 bits per heavy atom. The fraction of sp³-hybridized carbons (Fsp3) is 0.412. The van der Waals surface area contributed by atoms with Crippen LogP contribution in [0.3, 0.4) is 0 Å². The molecule has 3 aromatic rings. The fourth-order valence-corrected chi connectivity index (χ4v) is 5.87. The maximum absolute atomic E-state index is 14.0. The van der Waals surface area contributed by atoms with Crippen molar-refractivity contribution in [1.29, 1.82) is 0 Å². The highest BCUT2D eigenvalue weighted by atomic mass is 32.2. The van der Waals surface area contributed by atoms with E-state index < -0.39 is 16.1 Å². The van der Waals surface area contributed by atoms with Gasteiger partial charge in [0.25, 0.3) is 0 Å². The van der Waals surface area contributed by atoms with Crippen LogP contribution >= 0.6 is 0 Å². The zero-order valence-electron chi connectivity index (χ0n) is 25.6. The quantitative estimate of drug-likeness (QED) is 0.229. The van der Waals surface area contributed by atoms with Crippen LogP contribution in [0.1, 0.15) is 60.4 Å². The molecule has 2 amide bonds. The summed E-state index contributed by atoms with van der Waals surface area (Å²) < 4.78 is 26.8. The Morgan fingerprint density at radius 1 is 0.857 bits per heavy atom. The van der Waals surface area contributed by atoms with Crippen LogP contribution in [0.15, 0.2) is 72.8 Å². The number of nitrogens with one attached hydrogen (secondary N) is 1. The summed E-state index contributed by atoms with van der Waals surface area (Å²) >= 11 is 0. The number of amides is 2. The number of rotatable bonds is 15. The van der Waals surface area contributed by atoms with E-state index in [-0.39, 0.29) is 31.3 Å². The Kier molecular flexibility index (Phi) is 12.2. The molecule has 0 aliphatic carbocycles. The van der Waals surface area contributed by atoms with E-state index in [0.29, 0.717) is 25.1 Å². The van der Waals surface area contributed by atoms with Gasteiger partial charge < -0.3 is 10.2 Å². The first-order valence-corrected chi connectivity index (χ1v) is 16.6. The molecule has 0 spiro atoms. The second kappa shape index (κ2) is 15.5. The zero-order valence-corrected chi connectivity index (χ0v) is 26.4. The third-order valence-electron chi connectivity index (χ3n) is 7.63. The predicted octanol–water partition coefficient (Wildman–Crippen LogP) is 5.71. The lowest BCUT2D eigenvalue weighted by Gasteiger charge is -2.32. The Balaban J connectivity index is 1.88. The number of sulfonamides is 1. The molecule has 0 heterocycles. The zero-order chi connectivity index (χ0) is 30.7. The molecule has 0 bridgehead atoms. The van der Waals surface area contributed by atoms with Crippen molar-refractivity contribution in [2.45, 2.75) is 72.4 Å². The molecule has 3 rings (SSSR count). The van der Waals surface area contributed by atoms with E-state index in [0.717, 1.165) is 40.7 Å². The van der Waals surface area contributed by atoms with Crippen LogP contribution < -0.4 is 9.62 Å². The minimum Gasteiger partial charge on any atom is -0.354 e. The van der Waals surface area contributed by atoms with Gasteiger partial charge in [0.2, 0.25) is 21.8 Å². The van der Waals surface area contributed by atoms with Crippen LogP contribution in [0.2, 0.25) is 0 Å². The Labute approximate surface area is 252 Å². The summed E-state index contributed by atoms with van der Waals surface area (Å²) in [6.45, 7) is 9.00. The summed E-state index contributed by atoms with van der Waals surface area (Å²) in [6.07, 6.45) is 3.80. The normalized spacial score (nSPS) is 12.0. The first kappa shape index (κ1) is 32.9. The van der Waals surface area contributed by atoms with Gasteiger partial charge in [-0.2, -0.15) is 0 Å². The number of nitrogens with zero attached hydrogens (tertiary/aromatic N) is 2. The molecule has 7 nitrogen and oxygen atoms in total. The first-order valence-electron chi connectivity index (χ1n) is 14.7. The molecule has 0 saturated heterocycles. The molecule has 0 aromatic heterocycles. The number of hydrogen-bond donors (Lipinski definition) is 1. The van der Waals surface area contributed by atoms with E-state index in [4.69, 9.17) is 0 Å². The van der Waals surface area contributed by atoms with Crippen LogP contribution in [0.4, 0.5) is 5.69 Å².